The first-order chi connectivity index (χ1) is 13.6. The summed E-state index contributed by atoms with van der Waals surface area (Å²) >= 11 is 0. The number of benzene rings is 4. The third-order valence-corrected chi connectivity index (χ3v) is 6.86. The van der Waals surface area contributed by atoms with E-state index >= 15 is 0 Å². The third kappa shape index (κ3) is 1.96. The summed E-state index contributed by atoms with van der Waals surface area (Å²) in [5.41, 5.74) is 15.0. The molecule has 28 heavy (non-hydrogen) atoms. The lowest BCUT2D eigenvalue weighted by atomic mass is 9.87. The van der Waals surface area contributed by atoms with Crippen LogP contribution in [0.1, 0.15) is 53.1 Å². The first-order valence-electron chi connectivity index (χ1n) is 10.4. The van der Waals surface area contributed by atoms with Crippen LogP contribution in [0, 0.1) is 6.92 Å². The van der Waals surface area contributed by atoms with Gasteiger partial charge in [0.15, 0.2) is 0 Å². The topological polar surface area (TPSA) is 0 Å². The molecule has 0 saturated carbocycles. The zero-order valence-corrected chi connectivity index (χ0v) is 16.8. The lowest BCUT2D eigenvalue weighted by Crippen LogP contribution is -1.98. The molecule has 0 aliphatic heterocycles. The highest BCUT2D eigenvalue weighted by Gasteiger charge is 2.33. The maximum absolute atomic E-state index is 2.39. The average molecular weight is 361 g/mol. The predicted molar refractivity (Wildman–Crippen MR) is 119 cm³/mol. The molecule has 0 N–H and O–H groups in total. The number of hydrogen-bond acceptors (Lipinski definition) is 0. The van der Waals surface area contributed by atoms with Crippen molar-refractivity contribution < 1.29 is 0 Å². The average Bonchev–Trinajstić information content (AvgIpc) is 3.26. The largest absolute Gasteiger partial charge is 0.0619 e. The van der Waals surface area contributed by atoms with Gasteiger partial charge in [0.2, 0.25) is 0 Å². The van der Waals surface area contributed by atoms with Gasteiger partial charge in [-0.1, -0.05) is 74.5 Å². The summed E-state index contributed by atoms with van der Waals surface area (Å²) in [4.78, 5) is 0. The van der Waals surface area contributed by atoms with Crippen LogP contribution in [-0.4, -0.2) is 0 Å². The van der Waals surface area contributed by atoms with E-state index in [4.69, 9.17) is 0 Å². The minimum absolute atomic E-state index is 0.552. The van der Waals surface area contributed by atoms with Crippen LogP contribution in [0.2, 0.25) is 0 Å². The fraction of sp³-hybridized carbons (Fsp3) is 0.214. The van der Waals surface area contributed by atoms with E-state index in [0.717, 1.165) is 12.8 Å². The van der Waals surface area contributed by atoms with Crippen LogP contribution >= 0.6 is 0 Å². The third-order valence-electron chi connectivity index (χ3n) is 6.86. The van der Waals surface area contributed by atoms with Gasteiger partial charge in [-0.05, 0) is 92.1 Å². The minimum Gasteiger partial charge on any atom is -0.0619 e. The van der Waals surface area contributed by atoms with Gasteiger partial charge in [-0.25, -0.2) is 0 Å². The summed E-state index contributed by atoms with van der Waals surface area (Å²) in [6.45, 7) is 6.95. The van der Waals surface area contributed by atoms with Crippen LogP contribution in [-0.2, 0) is 12.8 Å². The molecule has 0 nitrogen and oxygen atoms in total. The van der Waals surface area contributed by atoms with Crippen molar-refractivity contribution in [1.29, 1.82) is 0 Å². The van der Waals surface area contributed by atoms with Crippen molar-refractivity contribution in [2.45, 2.75) is 39.5 Å². The molecule has 0 amide bonds. The molecule has 0 heteroatoms. The Morgan fingerprint density at radius 1 is 0.643 bits per heavy atom. The molecule has 0 aromatic heterocycles. The van der Waals surface area contributed by atoms with Crippen molar-refractivity contribution in [2.24, 2.45) is 0 Å². The number of fused-ring (bicyclic) bond motifs is 10. The Hall–Kier alpha value is -2.86. The van der Waals surface area contributed by atoms with Gasteiger partial charge >= 0.3 is 0 Å². The van der Waals surface area contributed by atoms with Gasteiger partial charge in [-0.15, -0.1) is 0 Å². The van der Waals surface area contributed by atoms with E-state index in [-0.39, 0.29) is 0 Å². The SMILES string of the molecule is Cc1ccc2c(c1C(C)C)Cc1c-2c2c(c3ccccc13)Cc1ccccc1-2. The molecule has 0 atom stereocenters. The van der Waals surface area contributed by atoms with Crippen molar-refractivity contribution in [3.63, 3.8) is 0 Å². The molecule has 0 unspecified atom stereocenters. The van der Waals surface area contributed by atoms with Crippen molar-refractivity contribution in [1.82, 2.24) is 0 Å². The quantitative estimate of drug-likeness (QED) is 0.286. The second-order valence-corrected chi connectivity index (χ2v) is 8.74. The van der Waals surface area contributed by atoms with Gasteiger partial charge in [-0.3, -0.25) is 0 Å². The molecular formula is C28H24. The number of aryl methyl sites for hydroxylation is 1. The van der Waals surface area contributed by atoms with E-state index < -0.39 is 0 Å². The van der Waals surface area contributed by atoms with E-state index in [1.54, 1.807) is 11.1 Å². The molecule has 0 saturated heterocycles. The predicted octanol–water partition coefficient (Wildman–Crippen LogP) is 7.41. The van der Waals surface area contributed by atoms with Gasteiger partial charge in [-0.2, -0.15) is 0 Å². The van der Waals surface area contributed by atoms with Crippen molar-refractivity contribution >= 4 is 10.8 Å². The minimum atomic E-state index is 0.552. The molecule has 2 aliphatic rings. The lowest BCUT2D eigenvalue weighted by molar-refractivity contribution is 0.842. The van der Waals surface area contributed by atoms with Crippen molar-refractivity contribution in [3.05, 3.63) is 94.0 Å². The van der Waals surface area contributed by atoms with Gasteiger partial charge in [0.05, 0.1) is 0 Å². The molecule has 0 fully saturated rings. The van der Waals surface area contributed by atoms with Crippen LogP contribution in [0.5, 0.6) is 0 Å². The van der Waals surface area contributed by atoms with Crippen molar-refractivity contribution in [3.8, 4) is 22.3 Å². The Bertz CT molecular complexity index is 1290. The second-order valence-electron chi connectivity index (χ2n) is 8.74. The summed E-state index contributed by atoms with van der Waals surface area (Å²) < 4.78 is 0. The summed E-state index contributed by atoms with van der Waals surface area (Å²) in [5, 5.41) is 2.90. The molecule has 4 aromatic carbocycles. The number of rotatable bonds is 1. The maximum Gasteiger partial charge on any atom is -0.000411 e. The Morgan fingerprint density at radius 3 is 2.04 bits per heavy atom. The van der Waals surface area contributed by atoms with E-state index in [1.807, 2.05) is 0 Å². The van der Waals surface area contributed by atoms with E-state index in [9.17, 15) is 0 Å². The Labute approximate surface area is 166 Å². The fourth-order valence-electron chi connectivity index (χ4n) is 5.84. The normalized spacial score (nSPS) is 13.6. The smallest absolute Gasteiger partial charge is 0.000411 e. The molecule has 4 aromatic rings. The molecular weight excluding hydrogens is 336 g/mol. The standard InChI is InChI=1S/C28H24/c1-16(2)26-17(3)12-13-22-25(26)15-24-21-11-7-6-10-20(21)23-14-18-8-4-5-9-19(18)27(23)28(22)24/h4-13,16H,14-15H2,1-3H3. The van der Waals surface area contributed by atoms with Gasteiger partial charge < -0.3 is 0 Å². The highest BCUT2D eigenvalue weighted by Crippen LogP contribution is 2.53. The molecule has 0 spiro atoms. The summed E-state index contributed by atoms with van der Waals surface area (Å²) in [6.07, 6.45) is 2.12. The monoisotopic (exact) mass is 360 g/mol. The zero-order chi connectivity index (χ0) is 19.0. The first-order valence-corrected chi connectivity index (χ1v) is 10.4. The Balaban J connectivity index is 1.79. The molecule has 2 aliphatic carbocycles. The van der Waals surface area contributed by atoms with Crippen LogP contribution in [0.4, 0.5) is 0 Å². The van der Waals surface area contributed by atoms with Gasteiger partial charge in [0.25, 0.3) is 0 Å². The number of hydrogen-bond donors (Lipinski definition) is 0. The summed E-state index contributed by atoms with van der Waals surface area (Å²) in [7, 11) is 0. The lowest BCUT2D eigenvalue weighted by Gasteiger charge is -2.16. The molecule has 0 heterocycles. The summed E-state index contributed by atoms with van der Waals surface area (Å²) in [5.74, 6) is 0.552. The fourth-order valence-corrected chi connectivity index (χ4v) is 5.84. The van der Waals surface area contributed by atoms with E-state index in [0.29, 0.717) is 5.92 Å². The Morgan fingerprint density at radius 2 is 1.29 bits per heavy atom. The van der Waals surface area contributed by atoms with E-state index in [2.05, 4.69) is 81.4 Å². The second kappa shape index (κ2) is 5.58. The summed E-state index contributed by atoms with van der Waals surface area (Å²) in [6, 6.07) is 22.8. The maximum atomic E-state index is 2.39. The Kier molecular flexibility index (Phi) is 3.21. The van der Waals surface area contributed by atoms with E-state index in [1.165, 1.54) is 55.3 Å². The molecule has 0 radical (unpaired) electrons. The van der Waals surface area contributed by atoms with Gasteiger partial charge in [0, 0.05) is 0 Å². The highest BCUT2D eigenvalue weighted by molar-refractivity contribution is 6.08. The van der Waals surface area contributed by atoms with Crippen LogP contribution in [0.25, 0.3) is 33.0 Å². The van der Waals surface area contributed by atoms with Crippen molar-refractivity contribution in [2.75, 3.05) is 0 Å². The van der Waals surface area contributed by atoms with Gasteiger partial charge in [0.1, 0.15) is 0 Å². The zero-order valence-electron chi connectivity index (χ0n) is 16.8. The first kappa shape index (κ1) is 16.1. The van der Waals surface area contributed by atoms with Crippen LogP contribution in [0.15, 0.2) is 60.7 Å². The van der Waals surface area contributed by atoms with Crippen LogP contribution < -0.4 is 0 Å². The molecule has 136 valence electrons. The molecule has 0 bridgehead atoms. The molecule has 6 rings (SSSR count). The van der Waals surface area contributed by atoms with Crippen LogP contribution in [0.3, 0.4) is 0 Å². The highest BCUT2D eigenvalue weighted by atomic mass is 14.4.